The van der Waals surface area contributed by atoms with Crippen LogP contribution in [0.2, 0.25) is 0 Å². The van der Waals surface area contributed by atoms with E-state index in [1.165, 1.54) is 10.6 Å². The molecule has 0 amide bonds. The third kappa shape index (κ3) is 4.13. The second-order valence-corrected chi connectivity index (χ2v) is 8.75. The van der Waals surface area contributed by atoms with Crippen molar-refractivity contribution in [2.24, 2.45) is 0 Å². The first-order chi connectivity index (χ1) is 13.3. The molecule has 3 aromatic rings. The van der Waals surface area contributed by atoms with Gasteiger partial charge in [0, 0.05) is 6.54 Å². The fourth-order valence-electron chi connectivity index (χ4n) is 3.15. The molecule has 1 N–H and O–H groups in total. The van der Waals surface area contributed by atoms with Gasteiger partial charge in [0.25, 0.3) is 0 Å². The van der Waals surface area contributed by atoms with Crippen molar-refractivity contribution in [3.05, 3.63) is 59.7 Å². The van der Waals surface area contributed by atoms with Gasteiger partial charge in [-0.15, -0.1) is 0 Å². The number of nitrogens with one attached hydrogen (secondary N) is 1. The molecule has 1 aromatic heterocycles. The van der Waals surface area contributed by atoms with E-state index in [1.54, 1.807) is 20.8 Å². The maximum Gasteiger partial charge on any atom is 0.416 e. The number of benzene rings is 2. The Bertz CT molecular complexity index is 1150. The number of imidazole rings is 1. The number of fused-ring (bicyclic) bond motifs is 1. The van der Waals surface area contributed by atoms with Crippen molar-refractivity contribution < 1.29 is 26.0 Å². The summed E-state index contributed by atoms with van der Waals surface area (Å²) in [6, 6.07) is 7.52. The fourth-order valence-corrected chi connectivity index (χ4v) is 4.53. The van der Waals surface area contributed by atoms with Crippen LogP contribution in [0.5, 0.6) is 0 Å². The van der Waals surface area contributed by atoms with Crippen LogP contribution < -0.4 is 4.72 Å². The Morgan fingerprint density at radius 2 is 1.69 bits per heavy atom. The quantitative estimate of drug-likeness (QED) is 0.611. The van der Waals surface area contributed by atoms with Crippen molar-refractivity contribution in [1.29, 1.82) is 0 Å². The van der Waals surface area contributed by atoms with E-state index in [2.05, 4.69) is 9.71 Å². The Hall–Kier alpha value is -2.46. The van der Waals surface area contributed by atoms with Crippen molar-refractivity contribution in [3.8, 4) is 0 Å². The lowest BCUT2D eigenvalue weighted by atomic mass is 10.1. The monoisotopic (exact) mass is 429 g/mol. The van der Waals surface area contributed by atoms with Crippen LogP contribution in [0.25, 0.3) is 11.0 Å². The number of halogens is 4. The third-order valence-electron chi connectivity index (χ3n) is 4.46. The Kier molecular flexibility index (Phi) is 5.20. The molecule has 3 rings (SSSR count). The van der Waals surface area contributed by atoms with Gasteiger partial charge in [0.1, 0.15) is 11.6 Å². The van der Waals surface area contributed by atoms with Gasteiger partial charge in [-0.3, -0.25) is 0 Å². The van der Waals surface area contributed by atoms with Gasteiger partial charge in [-0.05, 0) is 63.2 Å². The van der Waals surface area contributed by atoms with E-state index in [4.69, 9.17) is 0 Å². The maximum atomic E-state index is 13.1. The number of nitrogens with zero attached hydrogens (tertiary/aromatic N) is 2. The van der Waals surface area contributed by atoms with Crippen LogP contribution in [-0.2, 0) is 28.3 Å². The number of hydrogen-bond donors (Lipinski definition) is 1. The number of hydrogen-bond acceptors (Lipinski definition) is 3. The maximum absolute atomic E-state index is 13.1. The highest BCUT2D eigenvalue weighted by Gasteiger charge is 2.34. The second-order valence-electron chi connectivity index (χ2n) is 7.07. The molecule has 0 fully saturated rings. The minimum absolute atomic E-state index is 0.134. The van der Waals surface area contributed by atoms with E-state index in [-0.39, 0.29) is 22.8 Å². The molecule has 5 nitrogen and oxygen atoms in total. The van der Waals surface area contributed by atoms with E-state index < -0.39 is 33.1 Å². The van der Waals surface area contributed by atoms with Crippen LogP contribution in [0.3, 0.4) is 0 Å². The molecule has 29 heavy (non-hydrogen) atoms. The molecule has 0 saturated carbocycles. The lowest BCUT2D eigenvalue weighted by Crippen LogP contribution is -2.42. The van der Waals surface area contributed by atoms with Gasteiger partial charge in [-0.1, -0.05) is 0 Å². The van der Waals surface area contributed by atoms with Crippen molar-refractivity contribution in [1.82, 2.24) is 14.3 Å². The van der Waals surface area contributed by atoms with E-state index in [0.717, 1.165) is 36.4 Å². The lowest BCUT2D eigenvalue weighted by molar-refractivity contribution is -0.137. The summed E-state index contributed by atoms with van der Waals surface area (Å²) in [6.07, 6.45) is -4.50. The van der Waals surface area contributed by atoms with Crippen molar-refractivity contribution in [3.63, 3.8) is 0 Å². The Balaban J connectivity index is 2.07. The molecule has 0 aliphatic rings. The first-order valence-electron chi connectivity index (χ1n) is 8.72. The molecule has 0 unspecified atom stereocenters. The van der Waals surface area contributed by atoms with Gasteiger partial charge < -0.3 is 4.57 Å². The topological polar surface area (TPSA) is 64.0 Å². The number of aryl methyl sites for hydroxylation is 1. The average molecular weight is 429 g/mol. The van der Waals surface area contributed by atoms with Gasteiger partial charge in [-0.25, -0.2) is 17.8 Å². The summed E-state index contributed by atoms with van der Waals surface area (Å²) in [5, 5.41) is 0. The summed E-state index contributed by atoms with van der Waals surface area (Å²) in [7, 11) is -4.03. The van der Waals surface area contributed by atoms with Crippen LogP contribution in [0.15, 0.2) is 47.4 Å². The first kappa shape index (κ1) is 21.3. The van der Waals surface area contributed by atoms with Crippen molar-refractivity contribution in [2.75, 3.05) is 0 Å². The molecule has 0 spiro atoms. The molecule has 1 heterocycles. The highest BCUT2D eigenvalue weighted by atomic mass is 32.2. The highest BCUT2D eigenvalue weighted by molar-refractivity contribution is 7.89. The summed E-state index contributed by atoms with van der Waals surface area (Å²) in [6.45, 7) is 5.14. The van der Waals surface area contributed by atoms with Gasteiger partial charge in [0.15, 0.2) is 0 Å². The van der Waals surface area contributed by atoms with Crippen LogP contribution >= 0.6 is 0 Å². The summed E-state index contributed by atoms with van der Waals surface area (Å²) in [5.41, 5.74) is -1.48. The predicted octanol–water partition coefficient (Wildman–Crippen LogP) is 4.43. The van der Waals surface area contributed by atoms with Crippen LogP contribution in [0, 0.1) is 5.82 Å². The summed E-state index contributed by atoms with van der Waals surface area (Å²) >= 11 is 0. The van der Waals surface area contributed by atoms with Crippen LogP contribution in [-0.4, -0.2) is 18.0 Å². The standard InChI is InChI=1S/C19H19F4N3O2S/c1-4-26-16-11-12(19(21,22)23)5-10-15(16)24-17(26)18(2,3)25-29(27,28)14-8-6-13(20)7-9-14/h5-11,25H,4H2,1-3H3. The normalized spacial score (nSPS) is 13.2. The third-order valence-corrected chi connectivity index (χ3v) is 6.14. The smallest absolute Gasteiger partial charge is 0.327 e. The van der Waals surface area contributed by atoms with Crippen LogP contribution in [0.1, 0.15) is 32.2 Å². The van der Waals surface area contributed by atoms with Gasteiger partial charge in [0.2, 0.25) is 10.0 Å². The average Bonchev–Trinajstić information content (AvgIpc) is 2.99. The largest absolute Gasteiger partial charge is 0.416 e. The van der Waals surface area contributed by atoms with Crippen molar-refractivity contribution >= 4 is 21.1 Å². The van der Waals surface area contributed by atoms with E-state index in [9.17, 15) is 26.0 Å². The summed E-state index contributed by atoms with van der Waals surface area (Å²) < 4.78 is 81.8. The number of rotatable bonds is 5. The van der Waals surface area contributed by atoms with Crippen molar-refractivity contribution in [2.45, 2.75) is 43.9 Å². The van der Waals surface area contributed by atoms with Gasteiger partial charge in [0.05, 0.1) is 27.0 Å². The molecule has 0 aliphatic heterocycles. The minimum Gasteiger partial charge on any atom is -0.327 e. The Labute approximate surface area is 165 Å². The predicted molar refractivity (Wildman–Crippen MR) is 100 cm³/mol. The fraction of sp³-hybridized carbons (Fsp3) is 0.316. The van der Waals surface area contributed by atoms with E-state index >= 15 is 0 Å². The van der Waals surface area contributed by atoms with Gasteiger partial charge in [-0.2, -0.15) is 17.9 Å². The lowest BCUT2D eigenvalue weighted by Gasteiger charge is -2.26. The Morgan fingerprint density at radius 1 is 1.07 bits per heavy atom. The molecule has 0 radical (unpaired) electrons. The summed E-state index contributed by atoms with van der Waals surface area (Å²) in [4.78, 5) is 4.25. The van der Waals surface area contributed by atoms with E-state index in [0.29, 0.717) is 5.52 Å². The minimum atomic E-state index is -4.50. The van der Waals surface area contributed by atoms with E-state index in [1.807, 2.05) is 0 Å². The highest BCUT2D eigenvalue weighted by Crippen LogP contribution is 2.33. The molecule has 0 bridgehead atoms. The summed E-state index contributed by atoms with van der Waals surface area (Å²) in [5.74, 6) is -0.309. The first-order valence-corrected chi connectivity index (χ1v) is 10.2. The second kappa shape index (κ2) is 7.10. The number of aromatic nitrogens is 2. The molecule has 2 aromatic carbocycles. The molecule has 156 valence electrons. The Morgan fingerprint density at radius 3 is 2.24 bits per heavy atom. The molecule has 10 heteroatoms. The zero-order valence-corrected chi connectivity index (χ0v) is 16.7. The molecule has 0 saturated heterocycles. The zero-order valence-electron chi connectivity index (χ0n) is 15.9. The number of alkyl halides is 3. The molecule has 0 atom stereocenters. The molecule has 0 aliphatic carbocycles. The molecular formula is C19H19F4N3O2S. The molecular weight excluding hydrogens is 410 g/mol. The van der Waals surface area contributed by atoms with Gasteiger partial charge >= 0.3 is 6.18 Å². The van der Waals surface area contributed by atoms with Crippen LogP contribution in [0.4, 0.5) is 17.6 Å². The zero-order chi connectivity index (χ0) is 21.6. The number of sulfonamides is 1. The SMILES string of the molecule is CCn1c(C(C)(C)NS(=O)(=O)c2ccc(F)cc2)nc2ccc(C(F)(F)F)cc21.